The maximum atomic E-state index is 14.2. The maximum Gasteiger partial charge on any atom is 0.311 e. The predicted molar refractivity (Wildman–Crippen MR) is 212 cm³/mol. The van der Waals surface area contributed by atoms with Crippen molar-refractivity contribution >= 4 is 41.7 Å². The molecule has 2 aromatic carbocycles. The number of rotatable bonds is 13. The monoisotopic (exact) mass is 870 g/mol. The molecule has 62 heavy (non-hydrogen) atoms. The number of hydrogen-bond donors (Lipinski definition) is 1. The Balaban J connectivity index is 1.68. The van der Waals surface area contributed by atoms with Crippen LogP contribution in [0.5, 0.6) is 11.5 Å². The molecule has 2 fully saturated rings. The van der Waals surface area contributed by atoms with Gasteiger partial charge in [-0.05, 0) is 77.9 Å². The molecule has 5 rings (SSSR count). The third-order valence-corrected chi connectivity index (χ3v) is 9.94. The summed E-state index contributed by atoms with van der Waals surface area (Å²) >= 11 is 0. The number of esters is 5. The molecule has 3 heterocycles. The van der Waals surface area contributed by atoms with E-state index in [-0.39, 0.29) is 16.9 Å². The number of hydrogen-bond acceptors (Lipinski definition) is 18. The molecule has 0 aliphatic carbocycles. The SMILES string of the molecule is COc1ccc(O[C@@H]2O[C@H](COC(=O)C(C)(C)C)[C@@H](O[C@@H]3O[C@H](COC(C)=O)[C@@H](OC(C)=O)[C@H](OC(C)=O)[C@H]3N3C(=O)c4ccccc4C3=O)[C@H](OC(=O)C(C)(C)C)[C@H]2N)cc1. The van der Waals surface area contributed by atoms with Gasteiger partial charge in [0.15, 0.2) is 24.6 Å². The average Bonchev–Trinajstić information content (AvgIpc) is 3.44. The minimum atomic E-state index is -1.88. The van der Waals surface area contributed by atoms with Gasteiger partial charge in [-0.25, -0.2) is 0 Å². The van der Waals surface area contributed by atoms with Gasteiger partial charge in [0.2, 0.25) is 6.29 Å². The second kappa shape index (κ2) is 19.2. The highest BCUT2D eigenvalue weighted by atomic mass is 16.7. The Labute approximate surface area is 358 Å². The lowest BCUT2D eigenvalue weighted by atomic mass is 9.92. The zero-order valence-electron chi connectivity index (χ0n) is 36.3. The van der Waals surface area contributed by atoms with Crippen molar-refractivity contribution in [2.75, 3.05) is 20.3 Å². The summed E-state index contributed by atoms with van der Waals surface area (Å²) in [7, 11) is 1.49. The number of carbonyl (C=O) groups excluding carboxylic acids is 7. The normalized spacial score (nSPS) is 27.4. The van der Waals surface area contributed by atoms with Gasteiger partial charge in [0.05, 0.1) is 29.1 Å². The van der Waals surface area contributed by atoms with Crippen molar-refractivity contribution in [1.29, 1.82) is 0 Å². The van der Waals surface area contributed by atoms with Crippen molar-refractivity contribution in [1.82, 2.24) is 4.90 Å². The van der Waals surface area contributed by atoms with Crippen LogP contribution in [0.2, 0.25) is 0 Å². The molecule has 10 atom stereocenters. The molecule has 0 saturated carbocycles. The molecule has 2 amide bonds. The Morgan fingerprint density at radius 2 is 1.13 bits per heavy atom. The smallest absolute Gasteiger partial charge is 0.311 e. The van der Waals surface area contributed by atoms with Crippen LogP contribution < -0.4 is 15.2 Å². The molecule has 3 aliphatic heterocycles. The molecule has 3 aliphatic rings. The molecule has 0 unspecified atom stereocenters. The molecule has 2 aromatic rings. The molecule has 0 bridgehead atoms. The lowest BCUT2D eigenvalue weighted by molar-refractivity contribution is -0.332. The largest absolute Gasteiger partial charge is 0.497 e. The van der Waals surface area contributed by atoms with E-state index in [2.05, 4.69) is 0 Å². The standard InChI is InChI=1S/C43H54N2O17/c1-21(46)54-19-28-33(56-22(2)47)35(57-23(3)48)31(45-36(49)26-13-11-12-14-27(26)37(45)50)39(60-28)61-32-29(20-55-40(51)42(4,5)6)59-38(58-25-17-15-24(53-10)16-18-25)30(44)34(32)62-41(52)43(7,8)9/h11-18,28-35,38-39H,19-20,44H2,1-10H3/t28-,29-,30-,31-,32-,33-,34-,35-,38-,39+/m1/s1. The fourth-order valence-electron chi connectivity index (χ4n) is 6.84. The Morgan fingerprint density at radius 3 is 1.65 bits per heavy atom. The van der Waals surface area contributed by atoms with E-state index in [1.54, 1.807) is 77.9 Å². The van der Waals surface area contributed by atoms with Crippen LogP contribution in [0.4, 0.5) is 0 Å². The van der Waals surface area contributed by atoms with Crippen LogP contribution in [0.1, 0.15) is 83.0 Å². The second-order valence-electron chi connectivity index (χ2n) is 17.0. The van der Waals surface area contributed by atoms with Crippen molar-refractivity contribution in [3.05, 3.63) is 59.7 Å². The number of nitrogens with zero attached hydrogens (tertiary/aromatic N) is 1. The highest BCUT2D eigenvalue weighted by Gasteiger charge is 2.60. The number of amides is 2. The van der Waals surface area contributed by atoms with E-state index >= 15 is 0 Å². The summed E-state index contributed by atoms with van der Waals surface area (Å²) in [5.41, 5.74) is 4.74. The maximum absolute atomic E-state index is 14.2. The van der Waals surface area contributed by atoms with Crippen LogP contribution in [0.3, 0.4) is 0 Å². The number of ether oxygens (including phenoxy) is 10. The molecule has 338 valence electrons. The lowest BCUT2D eigenvalue weighted by Gasteiger charge is -2.50. The molecule has 0 radical (unpaired) electrons. The predicted octanol–water partition coefficient (Wildman–Crippen LogP) is 2.87. The van der Waals surface area contributed by atoms with Gasteiger partial charge in [0, 0.05) is 20.8 Å². The molecular weight excluding hydrogens is 816 g/mol. The number of carbonyl (C=O) groups is 7. The third-order valence-electron chi connectivity index (χ3n) is 9.94. The Hall–Kier alpha value is -5.63. The zero-order chi connectivity index (χ0) is 45.8. The summed E-state index contributed by atoms with van der Waals surface area (Å²) in [5, 5.41) is 0. The van der Waals surface area contributed by atoms with Gasteiger partial charge in [-0.2, -0.15) is 0 Å². The summed E-state index contributed by atoms with van der Waals surface area (Å²) in [6, 6.07) is 9.23. The van der Waals surface area contributed by atoms with Gasteiger partial charge in [-0.1, -0.05) is 12.1 Å². The van der Waals surface area contributed by atoms with Gasteiger partial charge in [-0.15, -0.1) is 0 Å². The van der Waals surface area contributed by atoms with Crippen molar-refractivity contribution in [2.45, 2.75) is 124 Å². The van der Waals surface area contributed by atoms with E-state index < -0.39 is 127 Å². The van der Waals surface area contributed by atoms with E-state index in [1.807, 2.05) is 0 Å². The first-order valence-electron chi connectivity index (χ1n) is 19.9. The molecule has 0 aromatic heterocycles. The van der Waals surface area contributed by atoms with Crippen LogP contribution in [0.15, 0.2) is 48.5 Å². The number of methoxy groups -OCH3 is 1. The van der Waals surface area contributed by atoms with Gasteiger partial charge in [0.1, 0.15) is 55.1 Å². The second-order valence-corrected chi connectivity index (χ2v) is 17.0. The molecule has 19 nitrogen and oxygen atoms in total. The topological polar surface area (TPSA) is 241 Å². The summed E-state index contributed by atoms with van der Waals surface area (Å²) in [5.74, 6) is -4.86. The fraction of sp³-hybridized carbons (Fsp3) is 0.558. The van der Waals surface area contributed by atoms with Crippen LogP contribution in [0, 0.1) is 10.8 Å². The van der Waals surface area contributed by atoms with Crippen molar-refractivity contribution in [3.8, 4) is 11.5 Å². The van der Waals surface area contributed by atoms with Gasteiger partial charge in [0.25, 0.3) is 11.8 Å². The number of imide groups is 1. The van der Waals surface area contributed by atoms with Crippen LogP contribution in [-0.2, 0) is 61.9 Å². The minimum absolute atomic E-state index is 0.00519. The van der Waals surface area contributed by atoms with Crippen molar-refractivity contribution < 1.29 is 80.9 Å². The minimum Gasteiger partial charge on any atom is -0.497 e. The van der Waals surface area contributed by atoms with Crippen molar-refractivity contribution in [3.63, 3.8) is 0 Å². The number of nitrogens with two attached hydrogens (primary N) is 1. The van der Waals surface area contributed by atoms with Crippen LogP contribution >= 0.6 is 0 Å². The number of fused-ring (bicyclic) bond motifs is 1. The Kier molecular flexibility index (Phi) is 14.7. The van der Waals surface area contributed by atoms with E-state index in [4.69, 9.17) is 53.1 Å². The third kappa shape index (κ3) is 10.9. The molecular formula is C43H54N2O17. The van der Waals surface area contributed by atoms with Gasteiger partial charge < -0.3 is 53.1 Å². The van der Waals surface area contributed by atoms with Gasteiger partial charge in [-0.3, -0.25) is 38.5 Å². The first-order chi connectivity index (χ1) is 29.0. The summed E-state index contributed by atoms with van der Waals surface area (Å²) in [6.07, 6.45) is -12.6. The molecule has 19 heteroatoms. The average molecular weight is 871 g/mol. The van der Waals surface area contributed by atoms with Crippen LogP contribution in [-0.4, -0.2) is 128 Å². The quantitative estimate of drug-likeness (QED) is 0.173. The van der Waals surface area contributed by atoms with E-state index in [0.717, 1.165) is 25.7 Å². The van der Waals surface area contributed by atoms with E-state index in [9.17, 15) is 33.6 Å². The first-order valence-corrected chi connectivity index (χ1v) is 19.9. The molecule has 2 saturated heterocycles. The van der Waals surface area contributed by atoms with E-state index in [1.165, 1.54) is 19.2 Å². The summed E-state index contributed by atoms with van der Waals surface area (Å²) in [6.45, 7) is 11.8. The fourth-order valence-corrected chi connectivity index (χ4v) is 6.84. The lowest BCUT2D eigenvalue weighted by Crippen LogP contribution is -2.71. The highest BCUT2D eigenvalue weighted by molar-refractivity contribution is 6.21. The summed E-state index contributed by atoms with van der Waals surface area (Å²) in [4.78, 5) is 93.9. The highest BCUT2D eigenvalue weighted by Crippen LogP contribution is 2.39. The zero-order valence-corrected chi connectivity index (χ0v) is 36.3. The molecule has 0 spiro atoms. The summed E-state index contributed by atoms with van der Waals surface area (Å²) < 4.78 is 59.5. The first kappa shape index (κ1) is 47.4. The van der Waals surface area contributed by atoms with E-state index in [0.29, 0.717) is 5.75 Å². The Bertz CT molecular complexity index is 1970. The Morgan fingerprint density at radius 1 is 0.629 bits per heavy atom. The molecule has 2 N–H and O–H groups in total. The van der Waals surface area contributed by atoms with Gasteiger partial charge >= 0.3 is 29.8 Å². The van der Waals surface area contributed by atoms with Crippen LogP contribution in [0.25, 0.3) is 0 Å². The van der Waals surface area contributed by atoms with Crippen molar-refractivity contribution in [2.24, 2.45) is 16.6 Å². The number of benzene rings is 2.